The van der Waals surface area contributed by atoms with Crippen molar-refractivity contribution in [2.75, 3.05) is 58.1 Å². The molecule has 4 rings (SSSR count). The fourth-order valence-corrected chi connectivity index (χ4v) is 4.59. The summed E-state index contributed by atoms with van der Waals surface area (Å²) in [5.41, 5.74) is 3.32. The molecule has 186 valence electrons. The molecule has 2 amide bonds. The minimum atomic E-state index is -0.102. The van der Waals surface area contributed by atoms with Gasteiger partial charge in [0, 0.05) is 43.1 Å². The molecule has 2 aliphatic heterocycles. The molecule has 0 radical (unpaired) electrons. The van der Waals surface area contributed by atoms with Gasteiger partial charge in [-0.1, -0.05) is 23.9 Å². The Hall–Kier alpha value is -3.08. The molecule has 35 heavy (non-hydrogen) atoms. The Morgan fingerprint density at radius 1 is 1.09 bits per heavy atom. The van der Waals surface area contributed by atoms with Crippen molar-refractivity contribution in [1.29, 1.82) is 0 Å². The number of thioether (sulfide) groups is 1. The maximum atomic E-state index is 12.5. The van der Waals surface area contributed by atoms with E-state index in [0.29, 0.717) is 30.2 Å². The monoisotopic (exact) mass is 498 g/mol. The van der Waals surface area contributed by atoms with Gasteiger partial charge in [-0.15, -0.1) is 0 Å². The molecule has 0 bridgehead atoms. The predicted molar refractivity (Wildman–Crippen MR) is 136 cm³/mol. The molecule has 10 heteroatoms. The minimum absolute atomic E-state index is 0.0176. The van der Waals surface area contributed by atoms with Crippen molar-refractivity contribution < 1.29 is 23.8 Å². The maximum absolute atomic E-state index is 12.5. The van der Waals surface area contributed by atoms with E-state index in [2.05, 4.69) is 15.3 Å². The summed E-state index contributed by atoms with van der Waals surface area (Å²) in [6.07, 6.45) is 0.439. The average molecular weight is 499 g/mol. The molecule has 0 spiro atoms. The summed E-state index contributed by atoms with van der Waals surface area (Å²) >= 11 is 1.22. The first-order valence-corrected chi connectivity index (χ1v) is 12.5. The van der Waals surface area contributed by atoms with E-state index in [1.54, 1.807) is 14.2 Å². The van der Waals surface area contributed by atoms with E-state index in [4.69, 9.17) is 14.2 Å². The van der Waals surface area contributed by atoms with Crippen LogP contribution in [0.3, 0.4) is 0 Å². The Morgan fingerprint density at radius 3 is 2.54 bits per heavy atom. The molecule has 9 nitrogen and oxygen atoms in total. The van der Waals surface area contributed by atoms with Crippen molar-refractivity contribution in [1.82, 2.24) is 9.91 Å². The van der Waals surface area contributed by atoms with Crippen LogP contribution in [0.2, 0.25) is 0 Å². The molecule has 0 aromatic heterocycles. The topological polar surface area (TPSA) is 92.7 Å². The van der Waals surface area contributed by atoms with Gasteiger partial charge in [0.05, 0.1) is 39.7 Å². The molecule has 0 unspecified atom stereocenters. The van der Waals surface area contributed by atoms with E-state index >= 15 is 0 Å². The minimum Gasteiger partial charge on any atom is -0.493 e. The Labute approximate surface area is 209 Å². The molecule has 0 atom stereocenters. The summed E-state index contributed by atoms with van der Waals surface area (Å²) < 4.78 is 16.0. The Kier molecular flexibility index (Phi) is 8.62. The van der Waals surface area contributed by atoms with Crippen LogP contribution < -0.4 is 14.8 Å². The lowest BCUT2D eigenvalue weighted by atomic mass is 10.1. The van der Waals surface area contributed by atoms with Crippen LogP contribution in [0.1, 0.15) is 17.5 Å². The molecule has 1 fully saturated rings. The van der Waals surface area contributed by atoms with E-state index in [0.717, 1.165) is 55.4 Å². The highest BCUT2D eigenvalue weighted by atomic mass is 32.2. The zero-order chi connectivity index (χ0) is 24.6. The number of hydrogen-bond donors (Lipinski definition) is 1. The third kappa shape index (κ3) is 6.74. The Bertz CT molecular complexity index is 1070. The highest BCUT2D eigenvalue weighted by Crippen LogP contribution is 2.30. The second-order valence-electron chi connectivity index (χ2n) is 8.18. The van der Waals surface area contributed by atoms with E-state index in [1.165, 1.54) is 16.8 Å². The predicted octanol–water partition coefficient (Wildman–Crippen LogP) is 3.44. The summed E-state index contributed by atoms with van der Waals surface area (Å²) in [4.78, 5) is 27.0. The van der Waals surface area contributed by atoms with Crippen LogP contribution >= 0.6 is 11.8 Å². The first-order chi connectivity index (χ1) is 17.1. The summed E-state index contributed by atoms with van der Waals surface area (Å²) in [6.45, 7) is 4.25. The van der Waals surface area contributed by atoms with Crippen molar-refractivity contribution in [2.45, 2.75) is 13.0 Å². The number of ether oxygens (including phenoxy) is 3. The number of hydrazone groups is 1. The molecule has 1 N–H and O–H groups in total. The zero-order valence-electron chi connectivity index (χ0n) is 20.0. The van der Waals surface area contributed by atoms with Crippen LogP contribution in [0.5, 0.6) is 11.5 Å². The van der Waals surface area contributed by atoms with E-state index in [9.17, 15) is 9.59 Å². The summed E-state index contributed by atoms with van der Waals surface area (Å²) in [5.74, 6) is 1.72. The van der Waals surface area contributed by atoms with Crippen LogP contribution in [0.15, 0.2) is 47.6 Å². The normalized spacial score (nSPS) is 16.6. The first-order valence-electron chi connectivity index (χ1n) is 11.5. The van der Waals surface area contributed by atoms with Gasteiger partial charge in [0.25, 0.3) is 0 Å². The van der Waals surface area contributed by atoms with Gasteiger partial charge >= 0.3 is 5.24 Å². The van der Waals surface area contributed by atoms with E-state index in [1.807, 2.05) is 42.5 Å². The molecule has 2 heterocycles. The molecule has 1 saturated heterocycles. The van der Waals surface area contributed by atoms with Gasteiger partial charge in [-0.05, 0) is 35.9 Å². The SMILES string of the molecule is COc1ccc(C2=NN(Cc3ccc(NC(=O)CCN4CCOCC4)cc3)C(=O)SC2)cc1OC. The largest absolute Gasteiger partial charge is 0.493 e. The lowest BCUT2D eigenvalue weighted by molar-refractivity contribution is -0.116. The van der Waals surface area contributed by atoms with Crippen molar-refractivity contribution >= 4 is 34.3 Å². The van der Waals surface area contributed by atoms with Crippen molar-refractivity contribution in [3.63, 3.8) is 0 Å². The summed E-state index contributed by atoms with van der Waals surface area (Å²) in [7, 11) is 3.18. The number of morpholine rings is 1. The third-order valence-corrected chi connectivity index (χ3v) is 6.71. The number of amides is 2. The molecular formula is C25H30N4O5S. The van der Waals surface area contributed by atoms with Gasteiger partial charge in [0.15, 0.2) is 11.5 Å². The fraction of sp³-hybridized carbons (Fsp3) is 0.400. The van der Waals surface area contributed by atoms with Gasteiger partial charge in [0.1, 0.15) is 0 Å². The van der Waals surface area contributed by atoms with Gasteiger partial charge in [0.2, 0.25) is 5.91 Å². The second kappa shape index (κ2) is 12.1. The Balaban J connectivity index is 1.35. The highest BCUT2D eigenvalue weighted by molar-refractivity contribution is 8.14. The molecule has 2 aromatic carbocycles. The van der Waals surface area contributed by atoms with Gasteiger partial charge in [-0.3, -0.25) is 14.5 Å². The van der Waals surface area contributed by atoms with Gasteiger partial charge in [-0.25, -0.2) is 5.01 Å². The third-order valence-electron chi connectivity index (χ3n) is 5.83. The molecular weight excluding hydrogens is 468 g/mol. The first kappa shape index (κ1) is 25.0. The smallest absolute Gasteiger partial charge is 0.302 e. The lowest BCUT2D eigenvalue weighted by Gasteiger charge is -2.26. The number of methoxy groups -OCH3 is 2. The maximum Gasteiger partial charge on any atom is 0.302 e. The van der Waals surface area contributed by atoms with Crippen LogP contribution in [-0.4, -0.2) is 79.6 Å². The standard InChI is InChI=1S/C25H30N4O5S/c1-32-22-8-5-19(15-23(22)33-2)21-17-35-25(31)29(27-21)16-18-3-6-20(7-4-18)26-24(30)9-10-28-11-13-34-14-12-28/h3-8,15H,9-14,16-17H2,1-2H3,(H,26,30). The number of anilines is 1. The van der Waals surface area contributed by atoms with Crippen molar-refractivity contribution in [3.05, 3.63) is 53.6 Å². The molecule has 0 saturated carbocycles. The highest BCUT2D eigenvalue weighted by Gasteiger charge is 2.23. The van der Waals surface area contributed by atoms with E-state index in [-0.39, 0.29) is 11.1 Å². The molecule has 2 aromatic rings. The number of rotatable bonds is 9. The number of nitrogens with zero attached hydrogens (tertiary/aromatic N) is 3. The average Bonchev–Trinajstić information content (AvgIpc) is 2.90. The van der Waals surface area contributed by atoms with Crippen LogP contribution in [0.25, 0.3) is 0 Å². The quantitative estimate of drug-likeness (QED) is 0.566. The van der Waals surface area contributed by atoms with Crippen LogP contribution in [-0.2, 0) is 16.1 Å². The molecule has 0 aliphatic carbocycles. The summed E-state index contributed by atoms with van der Waals surface area (Å²) in [6, 6.07) is 13.1. The second-order valence-corrected chi connectivity index (χ2v) is 9.10. The van der Waals surface area contributed by atoms with Crippen LogP contribution in [0.4, 0.5) is 10.5 Å². The lowest BCUT2D eigenvalue weighted by Crippen LogP contribution is -2.38. The molecule has 2 aliphatic rings. The fourth-order valence-electron chi connectivity index (χ4n) is 3.85. The number of hydrogen-bond acceptors (Lipinski definition) is 8. The summed E-state index contributed by atoms with van der Waals surface area (Å²) in [5, 5.41) is 8.90. The number of benzene rings is 2. The number of carbonyl (C=O) groups excluding carboxylic acids is 2. The van der Waals surface area contributed by atoms with Crippen LogP contribution in [0, 0.1) is 0 Å². The number of nitrogens with one attached hydrogen (secondary N) is 1. The van der Waals surface area contributed by atoms with Crippen molar-refractivity contribution in [2.24, 2.45) is 5.10 Å². The van der Waals surface area contributed by atoms with Gasteiger partial charge < -0.3 is 19.5 Å². The van der Waals surface area contributed by atoms with E-state index < -0.39 is 0 Å². The Morgan fingerprint density at radius 2 is 1.83 bits per heavy atom. The number of carbonyl (C=O) groups is 2. The van der Waals surface area contributed by atoms with Gasteiger partial charge in [-0.2, -0.15) is 5.10 Å². The van der Waals surface area contributed by atoms with Crippen molar-refractivity contribution in [3.8, 4) is 11.5 Å². The zero-order valence-corrected chi connectivity index (χ0v) is 20.8.